The highest BCUT2D eigenvalue weighted by Gasteiger charge is 2.28. The van der Waals surface area contributed by atoms with Gasteiger partial charge in [0, 0.05) is 31.4 Å². The van der Waals surface area contributed by atoms with Crippen LogP contribution in [-0.4, -0.2) is 23.6 Å². The van der Waals surface area contributed by atoms with E-state index in [1.807, 2.05) is 12.4 Å². The predicted octanol–water partition coefficient (Wildman–Crippen LogP) is 2.57. The summed E-state index contributed by atoms with van der Waals surface area (Å²) in [5.74, 6) is 0.796. The molecule has 1 saturated heterocycles. The van der Waals surface area contributed by atoms with Crippen LogP contribution in [0.15, 0.2) is 18.5 Å². The van der Waals surface area contributed by atoms with E-state index in [2.05, 4.69) is 35.1 Å². The molecule has 3 nitrogen and oxygen atoms in total. The first kappa shape index (κ1) is 12.0. The molecule has 3 rings (SSSR count). The lowest BCUT2D eigenvalue weighted by molar-refractivity contribution is 0.625. The minimum absolute atomic E-state index is 0.642. The average molecular weight is 245 g/mol. The molecule has 1 saturated carbocycles. The Labute approximate surface area is 110 Å². The average Bonchev–Trinajstić information content (AvgIpc) is 3.12. The summed E-state index contributed by atoms with van der Waals surface area (Å²) in [5, 5.41) is 3.61. The molecule has 1 aliphatic carbocycles. The Hall–Kier alpha value is -1.09. The fraction of sp³-hybridized carbons (Fsp3) is 0.667. The smallest absolute Gasteiger partial charge is 0.0600 e. The normalized spacial score (nSPS) is 27.8. The molecule has 1 aromatic rings. The van der Waals surface area contributed by atoms with E-state index in [9.17, 15) is 0 Å². The van der Waals surface area contributed by atoms with Crippen LogP contribution in [0, 0.1) is 5.92 Å². The van der Waals surface area contributed by atoms with E-state index in [4.69, 9.17) is 0 Å². The molecule has 2 aliphatic rings. The van der Waals surface area contributed by atoms with E-state index < -0.39 is 0 Å². The van der Waals surface area contributed by atoms with Gasteiger partial charge in [0.2, 0.25) is 0 Å². The second kappa shape index (κ2) is 4.88. The monoisotopic (exact) mass is 245 g/mol. The highest BCUT2D eigenvalue weighted by atomic mass is 15.2. The lowest BCUT2D eigenvalue weighted by Gasteiger charge is -2.26. The van der Waals surface area contributed by atoms with Gasteiger partial charge in [-0.3, -0.25) is 4.98 Å². The molecule has 0 amide bonds. The molecule has 1 aliphatic heterocycles. The van der Waals surface area contributed by atoms with Crippen molar-refractivity contribution in [1.29, 1.82) is 0 Å². The van der Waals surface area contributed by atoms with Crippen LogP contribution in [0.2, 0.25) is 0 Å². The van der Waals surface area contributed by atoms with Gasteiger partial charge < -0.3 is 10.2 Å². The maximum atomic E-state index is 4.32. The molecule has 2 atom stereocenters. The van der Waals surface area contributed by atoms with Crippen molar-refractivity contribution in [2.75, 3.05) is 11.4 Å². The van der Waals surface area contributed by atoms with Crippen LogP contribution in [0.25, 0.3) is 0 Å². The highest BCUT2D eigenvalue weighted by molar-refractivity contribution is 5.53. The molecule has 2 heterocycles. The van der Waals surface area contributed by atoms with Gasteiger partial charge in [0.05, 0.1) is 11.9 Å². The van der Waals surface area contributed by atoms with Crippen LogP contribution < -0.4 is 10.2 Å². The van der Waals surface area contributed by atoms with Crippen molar-refractivity contribution in [1.82, 2.24) is 10.3 Å². The molecular formula is C15H23N3. The van der Waals surface area contributed by atoms with Crippen molar-refractivity contribution in [3.05, 3.63) is 24.0 Å². The Morgan fingerprint density at radius 3 is 2.89 bits per heavy atom. The van der Waals surface area contributed by atoms with Crippen LogP contribution >= 0.6 is 0 Å². The van der Waals surface area contributed by atoms with Gasteiger partial charge in [0.15, 0.2) is 0 Å². The summed E-state index contributed by atoms with van der Waals surface area (Å²) in [6.45, 7) is 6.83. The number of rotatable bonds is 4. The van der Waals surface area contributed by atoms with Gasteiger partial charge in [0.1, 0.15) is 0 Å². The van der Waals surface area contributed by atoms with E-state index >= 15 is 0 Å². The second-order valence-electron chi connectivity index (χ2n) is 6.00. The fourth-order valence-corrected chi connectivity index (χ4v) is 3.00. The first-order chi connectivity index (χ1) is 8.74. The number of nitrogens with zero attached hydrogens (tertiary/aromatic N) is 2. The molecule has 18 heavy (non-hydrogen) atoms. The van der Waals surface area contributed by atoms with Crippen molar-refractivity contribution in [2.24, 2.45) is 5.92 Å². The number of pyridine rings is 1. The van der Waals surface area contributed by atoms with Crippen molar-refractivity contribution >= 4 is 5.69 Å². The first-order valence-corrected chi connectivity index (χ1v) is 7.17. The van der Waals surface area contributed by atoms with Crippen LogP contribution in [0.4, 0.5) is 5.69 Å². The topological polar surface area (TPSA) is 28.2 Å². The van der Waals surface area contributed by atoms with Gasteiger partial charge in [-0.2, -0.15) is 0 Å². The van der Waals surface area contributed by atoms with Crippen LogP contribution in [0.5, 0.6) is 0 Å². The van der Waals surface area contributed by atoms with E-state index in [0.29, 0.717) is 6.04 Å². The summed E-state index contributed by atoms with van der Waals surface area (Å²) in [4.78, 5) is 6.85. The molecule has 0 bridgehead atoms. The number of hydrogen-bond donors (Lipinski definition) is 1. The number of hydrogen-bond acceptors (Lipinski definition) is 3. The molecule has 1 aromatic heterocycles. The minimum Gasteiger partial charge on any atom is -0.367 e. The molecule has 3 heteroatoms. The molecule has 1 N–H and O–H groups in total. The second-order valence-corrected chi connectivity index (χ2v) is 6.00. The van der Waals surface area contributed by atoms with E-state index in [0.717, 1.165) is 18.5 Å². The zero-order valence-corrected chi connectivity index (χ0v) is 11.4. The van der Waals surface area contributed by atoms with Gasteiger partial charge in [-0.15, -0.1) is 0 Å². The fourth-order valence-electron chi connectivity index (χ4n) is 3.00. The quantitative estimate of drug-likeness (QED) is 0.883. The maximum Gasteiger partial charge on any atom is 0.0600 e. The van der Waals surface area contributed by atoms with Gasteiger partial charge in [-0.05, 0) is 43.7 Å². The van der Waals surface area contributed by atoms with E-state index in [1.54, 1.807) is 0 Å². The first-order valence-electron chi connectivity index (χ1n) is 7.17. The number of aromatic nitrogens is 1. The Kier molecular flexibility index (Phi) is 3.25. The lowest BCUT2D eigenvalue weighted by Crippen LogP contribution is -2.29. The highest BCUT2D eigenvalue weighted by Crippen LogP contribution is 2.31. The largest absolute Gasteiger partial charge is 0.367 e. The third kappa shape index (κ3) is 2.51. The maximum absolute atomic E-state index is 4.32. The molecule has 2 fully saturated rings. The predicted molar refractivity (Wildman–Crippen MR) is 74.7 cm³/mol. The molecule has 98 valence electrons. The van der Waals surface area contributed by atoms with Crippen LogP contribution in [-0.2, 0) is 6.54 Å². The molecular weight excluding hydrogens is 222 g/mol. The summed E-state index contributed by atoms with van der Waals surface area (Å²) in [7, 11) is 0. The van der Waals surface area contributed by atoms with E-state index in [1.165, 1.54) is 37.1 Å². The molecule has 2 unspecified atom stereocenters. The van der Waals surface area contributed by atoms with Gasteiger partial charge in [0.25, 0.3) is 0 Å². The Morgan fingerprint density at radius 1 is 1.39 bits per heavy atom. The summed E-state index contributed by atoms with van der Waals surface area (Å²) in [5.41, 5.74) is 2.74. The zero-order valence-electron chi connectivity index (χ0n) is 11.4. The van der Waals surface area contributed by atoms with Crippen LogP contribution in [0.1, 0.15) is 38.7 Å². The van der Waals surface area contributed by atoms with E-state index in [-0.39, 0.29) is 0 Å². The zero-order chi connectivity index (χ0) is 12.5. The Balaban J connectivity index is 1.77. The van der Waals surface area contributed by atoms with Crippen LogP contribution in [0.3, 0.4) is 0 Å². The third-order valence-corrected chi connectivity index (χ3v) is 4.14. The summed E-state index contributed by atoms with van der Waals surface area (Å²) < 4.78 is 0. The molecule has 0 radical (unpaired) electrons. The minimum atomic E-state index is 0.642. The van der Waals surface area contributed by atoms with Crippen molar-refractivity contribution in [3.63, 3.8) is 0 Å². The van der Waals surface area contributed by atoms with Gasteiger partial charge >= 0.3 is 0 Å². The summed E-state index contributed by atoms with van der Waals surface area (Å²) in [6, 6.07) is 3.57. The SMILES string of the molecule is CC1CC(C)N(c2cnccc2CNC2CC2)C1. The van der Waals surface area contributed by atoms with Gasteiger partial charge in [-0.1, -0.05) is 6.92 Å². The summed E-state index contributed by atoms with van der Waals surface area (Å²) in [6.07, 6.45) is 7.94. The Bertz CT molecular complexity index is 414. The Morgan fingerprint density at radius 2 is 2.22 bits per heavy atom. The van der Waals surface area contributed by atoms with Crippen molar-refractivity contribution in [3.8, 4) is 0 Å². The number of nitrogens with one attached hydrogen (secondary N) is 1. The summed E-state index contributed by atoms with van der Waals surface area (Å²) >= 11 is 0. The standard InChI is InChI=1S/C15H23N3/c1-11-7-12(2)18(10-11)15-9-16-6-5-13(15)8-17-14-3-4-14/h5-6,9,11-12,14,17H,3-4,7-8,10H2,1-2H3. The van der Waals surface area contributed by atoms with Crippen molar-refractivity contribution < 1.29 is 0 Å². The van der Waals surface area contributed by atoms with Crippen molar-refractivity contribution in [2.45, 2.75) is 51.7 Å². The molecule has 0 aromatic carbocycles. The molecule has 0 spiro atoms. The lowest BCUT2D eigenvalue weighted by atomic mass is 10.1. The number of anilines is 1. The van der Waals surface area contributed by atoms with Gasteiger partial charge in [-0.25, -0.2) is 0 Å². The third-order valence-electron chi connectivity index (χ3n) is 4.14.